The lowest BCUT2D eigenvalue weighted by Gasteiger charge is -2.08. The van der Waals surface area contributed by atoms with Gasteiger partial charge in [0, 0.05) is 11.8 Å². The maximum atomic E-state index is 12.2. The molecule has 0 saturated carbocycles. The van der Waals surface area contributed by atoms with Gasteiger partial charge in [-0.15, -0.1) is 0 Å². The molecule has 0 fully saturated rings. The second-order valence-electron chi connectivity index (χ2n) is 2.61. The molecule has 0 aliphatic carbocycles. The summed E-state index contributed by atoms with van der Waals surface area (Å²) in [4.78, 5) is 6.45. The highest BCUT2D eigenvalue weighted by Gasteiger charge is 2.35. The lowest BCUT2D eigenvalue weighted by atomic mass is 10.3. The van der Waals surface area contributed by atoms with Gasteiger partial charge in [-0.2, -0.15) is 18.2 Å². The molecule has 14 heavy (non-hydrogen) atoms. The number of aryl methyl sites for hydroxylation is 1. The van der Waals surface area contributed by atoms with Gasteiger partial charge in [0.25, 0.3) is 0 Å². The van der Waals surface area contributed by atoms with Gasteiger partial charge in [0.05, 0.1) is 6.61 Å². The number of aromatic nitrogens is 2. The van der Waals surface area contributed by atoms with Crippen molar-refractivity contribution in [3.63, 3.8) is 0 Å². The quantitative estimate of drug-likeness (QED) is 0.744. The molecule has 1 rings (SSSR count). The Kier molecular flexibility index (Phi) is 2.93. The predicted octanol–water partition coefficient (Wildman–Crippen LogP) is 2.20. The molecule has 0 aromatic carbocycles. The first-order valence-corrected chi connectivity index (χ1v) is 3.98. The summed E-state index contributed by atoms with van der Waals surface area (Å²) in [6, 6.07) is 0. The number of rotatable bonds is 2. The van der Waals surface area contributed by atoms with Gasteiger partial charge < -0.3 is 4.74 Å². The summed E-state index contributed by atoms with van der Waals surface area (Å²) in [7, 11) is 0. The van der Waals surface area contributed by atoms with Crippen molar-refractivity contribution in [3.8, 4) is 5.88 Å². The molecule has 0 unspecified atom stereocenters. The van der Waals surface area contributed by atoms with Gasteiger partial charge in [-0.25, -0.2) is 4.98 Å². The zero-order valence-corrected chi connectivity index (χ0v) is 7.72. The second kappa shape index (κ2) is 3.81. The average molecular weight is 206 g/mol. The third-order valence-electron chi connectivity index (χ3n) is 1.46. The number of alkyl halides is 3. The molecule has 0 saturated heterocycles. The summed E-state index contributed by atoms with van der Waals surface area (Å²) in [5.41, 5.74) is 0.486. The number of hydrogen-bond donors (Lipinski definition) is 0. The van der Waals surface area contributed by atoms with Crippen LogP contribution in [-0.2, 0) is 6.18 Å². The minimum absolute atomic E-state index is 0.0187. The standard InChI is InChI=1S/C8H9F3N2O/c1-3-14-6-5(2)4-12-7(13-6)8(9,10)11/h4H,3H2,1-2H3. The largest absolute Gasteiger partial charge is 0.478 e. The summed E-state index contributed by atoms with van der Waals surface area (Å²) in [6.45, 7) is 3.54. The van der Waals surface area contributed by atoms with E-state index in [1.807, 2.05) is 0 Å². The third kappa shape index (κ3) is 2.34. The van der Waals surface area contributed by atoms with Crippen LogP contribution in [0.3, 0.4) is 0 Å². The van der Waals surface area contributed by atoms with Gasteiger partial charge in [-0.3, -0.25) is 0 Å². The van der Waals surface area contributed by atoms with Crippen LogP contribution >= 0.6 is 0 Å². The van der Waals surface area contributed by atoms with Crippen LogP contribution in [0.15, 0.2) is 6.20 Å². The fourth-order valence-corrected chi connectivity index (χ4v) is 0.846. The van der Waals surface area contributed by atoms with Crippen LogP contribution in [0.1, 0.15) is 18.3 Å². The Labute approximate surface area is 78.9 Å². The Morgan fingerprint density at radius 1 is 1.43 bits per heavy atom. The van der Waals surface area contributed by atoms with Gasteiger partial charge in [-0.1, -0.05) is 0 Å². The average Bonchev–Trinajstić information content (AvgIpc) is 2.07. The number of halogens is 3. The number of hydrogen-bond acceptors (Lipinski definition) is 3. The number of nitrogens with zero attached hydrogens (tertiary/aromatic N) is 2. The van der Waals surface area contributed by atoms with Crippen molar-refractivity contribution >= 4 is 0 Å². The zero-order chi connectivity index (χ0) is 10.8. The Hall–Kier alpha value is -1.33. The van der Waals surface area contributed by atoms with Crippen LogP contribution in [0.5, 0.6) is 5.88 Å². The van der Waals surface area contributed by atoms with E-state index < -0.39 is 12.0 Å². The van der Waals surface area contributed by atoms with Gasteiger partial charge in [0.15, 0.2) is 0 Å². The molecule has 0 aliphatic heterocycles. The SMILES string of the molecule is CCOc1nc(C(F)(F)F)ncc1C. The van der Waals surface area contributed by atoms with Gasteiger partial charge in [-0.05, 0) is 13.8 Å². The maximum Gasteiger partial charge on any atom is 0.451 e. The van der Waals surface area contributed by atoms with Crippen LogP contribution in [0, 0.1) is 6.92 Å². The molecule has 1 heterocycles. The predicted molar refractivity (Wildman–Crippen MR) is 42.9 cm³/mol. The lowest BCUT2D eigenvalue weighted by molar-refractivity contribution is -0.145. The fraction of sp³-hybridized carbons (Fsp3) is 0.500. The first-order valence-electron chi connectivity index (χ1n) is 3.98. The molecule has 78 valence electrons. The van der Waals surface area contributed by atoms with Crippen molar-refractivity contribution < 1.29 is 17.9 Å². The molecule has 0 bridgehead atoms. The molecule has 0 N–H and O–H groups in total. The minimum atomic E-state index is -4.53. The van der Waals surface area contributed by atoms with Crippen molar-refractivity contribution in [1.29, 1.82) is 0 Å². The minimum Gasteiger partial charge on any atom is -0.478 e. The summed E-state index contributed by atoms with van der Waals surface area (Å²) < 4.78 is 41.4. The Morgan fingerprint density at radius 3 is 2.57 bits per heavy atom. The van der Waals surface area contributed by atoms with Crippen LogP contribution in [-0.4, -0.2) is 16.6 Å². The van der Waals surface area contributed by atoms with Crippen molar-refractivity contribution in [1.82, 2.24) is 9.97 Å². The normalized spacial score (nSPS) is 11.5. The second-order valence-corrected chi connectivity index (χ2v) is 2.61. The smallest absolute Gasteiger partial charge is 0.451 e. The molecule has 0 spiro atoms. The van der Waals surface area contributed by atoms with Crippen molar-refractivity contribution in [2.24, 2.45) is 0 Å². The number of ether oxygens (including phenoxy) is 1. The highest BCUT2D eigenvalue weighted by molar-refractivity contribution is 5.22. The Morgan fingerprint density at radius 2 is 2.07 bits per heavy atom. The van der Waals surface area contributed by atoms with Crippen LogP contribution < -0.4 is 4.74 Å². The lowest BCUT2D eigenvalue weighted by Crippen LogP contribution is -2.12. The molecule has 0 radical (unpaired) electrons. The van der Waals surface area contributed by atoms with Gasteiger partial charge in [0.1, 0.15) is 0 Å². The monoisotopic (exact) mass is 206 g/mol. The molecule has 0 aliphatic rings. The molecule has 3 nitrogen and oxygen atoms in total. The Bertz CT molecular complexity index is 325. The van der Waals surface area contributed by atoms with E-state index in [2.05, 4.69) is 9.97 Å². The van der Waals surface area contributed by atoms with Crippen molar-refractivity contribution in [3.05, 3.63) is 17.6 Å². The van der Waals surface area contributed by atoms with E-state index in [0.717, 1.165) is 6.20 Å². The van der Waals surface area contributed by atoms with E-state index in [9.17, 15) is 13.2 Å². The first-order chi connectivity index (χ1) is 6.45. The topological polar surface area (TPSA) is 35.0 Å². The Balaban J connectivity index is 3.06. The summed E-state index contributed by atoms with van der Waals surface area (Å²) >= 11 is 0. The fourth-order valence-electron chi connectivity index (χ4n) is 0.846. The maximum absolute atomic E-state index is 12.2. The van der Waals surface area contributed by atoms with Gasteiger partial charge >= 0.3 is 6.18 Å². The van der Waals surface area contributed by atoms with Crippen molar-refractivity contribution in [2.75, 3.05) is 6.61 Å². The van der Waals surface area contributed by atoms with Crippen LogP contribution in [0.25, 0.3) is 0 Å². The van der Waals surface area contributed by atoms with Gasteiger partial charge in [0.2, 0.25) is 11.7 Å². The molecule has 0 amide bonds. The summed E-state index contributed by atoms with van der Waals surface area (Å²) in [5, 5.41) is 0. The van der Waals surface area contributed by atoms with E-state index in [0.29, 0.717) is 5.56 Å². The van der Waals surface area contributed by atoms with E-state index in [1.54, 1.807) is 13.8 Å². The summed E-state index contributed by atoms with van der Waals surface area (Å²) in [6.07, 6.45) is -3.43. The highest BCUT2D eigenvalue weighted by atomic mass is 19.4. The third-order valence-corrected chi connectivity index (χ3v) is 1.46. The molecular weight excluding hydrogens is 197 g/mol. The van der Waals surface area contributed by atoms with Crippen molar-refractivity contribution in [2.45, 2.75) is 20.0 Å². The molecule has 6 heteroatoms. The molecule has 0 atom stereocenters. The zero-order valence-electron chi connectivity index (χ0n) is 7.72. The molecule has 1 aromatic rings. The van der Waals surface area contributed by atoms with E-state index in [4.69, 9.17) is 4.74 Å². The van der Waals surface area contributed by atoms with E-state index in [-0.39, 0.29) is 12.5 Å². The summed E-state index contributed by atoms with van der Waals surface area (Å²) in [5.74, 6) is -1.19. The molecular formula is C8H9F3N2O. The van der Waals surface area contributed by atoms with E-state index >= 15 is 0 Å². The van der Waals surface area contributed by atoms with Crippen LogP contribution in [0.2, 0.25) is 0 Å². The van der Waals surface area contributed by atoms with Crippen LogP contribution in [0.4, 0.5) is 13.2 Å². The first kappa shape index (κ1) is 10.7. The molecule has 1 aromatic heterocycles. The highest BCUT2D eigenvalue weighted by Crippen LogP contribution is 2.27. The van der Waals surface area contributed by atoms with E-state index in [1.165, 1.54) is 0 Å².